The Morgan fingerprint density at radius 2 is 1.90 bits per heavy atom. The fraction of sp³-hybridized carbons (Fsp3) is 0.391. The lowest BCUT2D eigenvalue weighted by molar-refractivity contribution is 0.0975. The Balaban J connectivity index is 1.83. The summed E-state index contributed by atoms with van der Waals surface area (Å²) in [7, 11) is 3.10. The van der Waals surface area contributed by atoms with E-state index in [1.165, 1.54) is 0 Å². The molecule has 2 aromatic carbocycles. The largest absolute Gasteiger partial charge is 0.497 e. The predicted octanol–water partition coefficient (Wildman–Crippen LogP) is 3.70. The molecule has 1 atom stereocenters. The van der Waals surface area contributed by atoms with Crippen molar-refractivity contribution in [1.29, 1.82) is 0 Å². The molecule has 1 aliphatic heterocycles. The van der Waals surface area contributed by atoms with E-state index in [-0.39, 0.29) is 12.0 Å². The number of carbonyl (C=O) groups excluding carboxylic acids is 1. The summed E-state index contributed by atoms with van der Waals surface area (Å²) in [6.07, 6.45) is 2.09. The van der Waals surface area contributed by atoms with Gasteiger partial charge in [0.05, 0.1) is 26.9 Å². The number of aryl methyl sites for hydroxylation is 1. The van der Waals surface area contributed by atoms with E-state index in [0.29, 0.717) is 29.6 Å². The maximum atomic E-state index is 13.0. The van der Waals surface area contributed by atoms with Crippen LogP contribution in [0.5, 0.6) is 11.5 Å². The SMILES string of the molecule is COc1cc(OC)cc(C(=O)NC(=NC[C@H]2CCCO2)Nc2cccc(C)c2C)c1. The first kappa shape index (κ1) is 21.6. The van der Waals surface area contributed by atoms with E-state index in [1.54, 1.807) is 32.4 Å². The highest BCUT2D eigenvalue weighted by Crippen LogP contribution is 2.23. The predicted molar refractivity (Wildman–Crippen MR) is 118 cm³/mol. The van der Waals surface area contributed by atoms with Gasteiger partial charge in [-0.25, -0.2) is 4.99 Å². The molecule has 0 aliphatic carbocycles. The topological polar surface area (TPSA) is 81.2 Å². The van der Waals surface area contributed by atoms with Crippen molar-refractivity contribution in [3.8, 4) is 11.5 Å². The van der Waals surface area contributed by atoms with Gasteiger partial charge < -0.3 is 19.5 Å². The number of ether oxygens (including phenoxy) is 3. The van der Waals surface area contributed by atoms with Crippen molar-refractivity contribution in [3.63, 3.8) is 0 Å². The monoisotopic (exact) mass is 411 g/mol. The van der Waals surface area contributed by atoms with Crippen molar-refractivity contribution in [2.75, 3.05) is 32.7 Å². The lowest BCUT2D eigenvalue weighted by atomic mass is 10.1. The summed E-state index contributed by atoms with van der Waals surface area (Å²) < 4.78 is 16.2. The molecule has 0 unspecified atom stereocenters. The van der Waals surface area contributed by atoms with Crippen LogP contribution in [0.3, 0.4) is 0 Å². The second-order valence-corrected chi connectivity index (χ2v) is 7.25. The lowest BCUT2D eigenvalue weighted by Crippen LogP contribution is -2.37. The maximum Gasteiger partial charge on any atom is 0.258 e. The summed E-state index contributed by atoms with van der Waals surface area (Å²) in [4.78, 5) is 17.6. The Bertz CT molecular complexity index is 898. The zero-order chi connectivity index (χ0) is 21.5. The molecule has 1 saturated heterocycles. The van der Waals surface area contributed by atoms with Crippen molar-refractivity contribution < 1.29 is 19.0 Å². The van der Waals surface area contributed by atoms with Crippen LogP contribution < -0.4 is 20.1 Å². The first-order valence-electron chi connectivity index (χ1n) is 10.0. The molecule has 2 aromatic rings. The Morgan fingerprint density at radius 1 is 1.17 bits per heavy atom. The molecule has 0 spiro atoms. The minimum Gasteiger partial charge on any atom is -0.497 e. The van der Waals surface area contributed by atoms with Crippen LogP contribution >= 0.6 is 0 Å². The minimum absolute atomic E-state index is 0.0780. The number of hydrogen-bond acceptors (Lipinski definition) is 5. The summed E-state index contributed by atoms with van der Waals surface area (Å²) in [5.41, 5.74) is 3.56. The van der Waals surface area contributed by atoms with E-state index < -0.39 is 0 Å². The average molecular weight is 412 g/mol. The van der Waals surface area contributed by atoms with E-state index in [4.69, 9.17) is 14.2 Å². The summed E-state index contributed by atoms with van der Waals surface area (Å²) in [6, 6.07) is 11.0. The summed E-state index contributed by atoms with van der Waals surface area (Å²) >= 11 is 0. The number of amides is 1. The highest BCUT2D eigenvalue weighted by Gasteiger charge is 2.17. The van der Waals surface area contributed by atoms with Crippen molar-refractivity contribution >= 4 is 17.6 Å². The van der Waals surface area contributed by atoms with Gasteiger partial charge in [-0.1, -0.05) is 12.1 Å². The van der Waals surface area contributed by atoms with Gasteiger partial charge in [0.15, 0.2) is 0 Å². The fourth-order valence-electron chi connectivity index (χ4n) is 3.22. The fourth-order valence-corrected chi connectivity index (χ4v) is 3.22. The molecule has 0 saturated carbocycles. The Morgan fingerprint density at radius 3 is 2.53 bits per heavy atom. The molecule has 0 bridgehead atoms. The molecule has 1 aliphatic rings. The summed E-state index contributed by atoms with van der Waals surface area (Å²) in [5.74, 6) is 1.15. The number of anilines is 1. The lowest BCUT2D eigenvalue weighted by Gasteiger charge is -2.16. The molecule has 2 N–H and O–H groups in total. The van der Waals surface area contributed by atoms with Crippen molar-refractivity contribution in [3.05, 3.63) is 53.1 Å². The van der Waals surface area contributed by atoms with Crippen LogP contribution in [0.25, 0.3) is 0 Å². The molecule has 1 heterocycles. The molecule has 3 rings (SSSR count). The first-order valence-corrected chi connectivity index (χ1v) is 10.0. The molecular formula is C23H29N3O4. The number of guanidine groups is 1. The van der Waals surface area contributed by atoms with E-state index in [2.05, 4.69) is 15.6 Å². The third-order valence-electron chi connectivity index (χ3n) is 5.18. The highest BCUT2D eigenvalue weighted by molar-refractivity contribution is 6.10. The van der Waals surface area contributed by atoms with Gasteiger partial charge in [-0.3, -0.25) is 10.1 Å². The number of benzene rings is 2. The Labute approximate surface area is 177 Å². The van der Waals surface area contributed by atoms with Gasteiger partial charge in [0.2, 0.25) is 5.96 Å². The van der Waals surface area contributed by atoms with E-state index in [0.717, 1.165) is 36.3 Å². The molecular weight excluding hydrogens is 382 g/mol. The van der Waals surface area contributed by atoms with Crippen LogP contribution in [0, 0.1) is 13.8 Å². The number of nitrogens with zero attached hydrogens (tertiary/aromatic N) is 1. The van der Waals surface area contributed by atoms with Gasteiger partial charge in [-0.15, -0.1) is 0 Å². The molecule has 0 radical (unpaired) electrons. The second-order valence-electron chi connectivity index (χ2n) is 7.25. The Kier molecular flexibility index (Phi) is 7.30. The number of aliphatic imine (C=N–C) groups is 1. The quantitative estimate of drug-likeness (QED) is 0.560. The number of hydrogen-bond donors (Lipinski definition) is 2. The van der Waals surface area contributed by atoms with Gasteiger partial charge in [0.1, 0.15) is 11.5 Å². The van der Waals surface area contributed by atoms with E-state index >= 15 is 0 Å². The molecule has 7 nitrogen and oxygen atoms in total. The highest BCUT2D eigenvalue weighted by atomic mass is 16.5. The normalized spacial score (nSPS) is 16.3. The first-order chi connectivity index (χ1) is 14.5. The molecule has 1 amide bonds. The maximum absolute atomic E-state index is 13.0. The van der Waals surface area contributed by atoms with Gasteiger partial charge in [-0.05, 0) is 56.0 Å². The van der Waals surface area contributed by atoms with Gasteiger partial charge >= 0.3 is 0 Å². The average Bonchev–Trinajstić information content (AvgIpc) is 3.28. The number of carbonyl (C=O) groups is 1. The van der Waals surface area contributed by atoms with Crippen molar-refractivity contribution in [2.24, 2.45) is 4.99 Å². The van der Waals surface area contributed by atoms with Crippen LogP contribution in [-0.2, 0) is 4.74 Å². The smallest absolute Gasteiger partial charge is 0.258 e. The third kappa shape index (κ3) is 5.51. The number of nitrogens with one attached hydrogen (secondary N) is 2. The number of rotatable bonds is 6. The van der Waals surface area contributed by atoms with Crippen LogP contribution in [-0.4, -0.2) is 45.3 Å². The van der Waals surface area contributed by atoms with E-state index in [9.17, 15) is 4.79 Å². The van der Waals surface area contributed by atoms with Gasteiger partial charge in [0, 0.05) is 23.9 Å². The van der Waals surface area contributed by atoms with Gasteiger partial charge in [0.25, 0.3) is 5.91 Å². The molecule has 1 fully saturated rings. The molecule has 30 heavy (non-hydrogen) atoms. The molecule has 0 aromatic heterocycles. The van der Waals surface area contributed by atoms with Crippen LogP contribution in [0.4, 0.5) is 5.69 Å². The van der Waals surface area contributed by atoms with Crippen LogP contribution in [0.2, 0.25) is 0 Å². The molecule has 160 valence electrons. The standard InChI is InChI=1S/C23H29N3O4/c1-15-7-5-9-21(16(15)2)25-23(24-14-18-8-6-10-30-18)26-22(27)17-11-19(28-3)13-20(12-17)29-4/h5,7,9,11-13,18H,6,8,10,14H2,1-4H3,(H2,24,25,26,27)/t18-/m1/s1. The number of methoxy groups -OCH3 is 2. The minimum atomic E-state index is -0.309. The summed E-state index contributed by atoms with van der Waals surface area (Å²) in [5, 5.41) is 6.16. The third-order valence-corrected chi connectivity index (χ3v) is 5.18. The molecule has 7 heteroatoms. The summed E-state index contributed by atoms with van der Waals surface area (Å²) in [6.45, 7) is 5.32. The second kappa shape index (κ2) is 10.1. The van der Waals surface area contributed by atoms with Crippen molar-refractivity contribution in [1.82, 2.24) is 5.32 Å². The van der Waals surface area contributed by atoms with Crippen LogP contribution in [0.15, 0.2) is 41.4 Å². The zero-order valence-electron chi connectivity index (χ0n) is 18.0. The van der Waals surface area contributed by atoms with Gasteiger partial charge in [-0.2, -0.15) is 0 Å². The van der Waals surface area contributed by atoms with Crippen molar-refractivity contribution in [2.45, 2.75) is 32.8 Å². The zero-order valence-corrected chi connectivity index (χ0v) is 18.0. The Hall–Kier alpha value is -3.06. The van der Waals surface area contributed by atoms with E-state index in [1.807, 2.05) is 32.0 Å². The van der Waals surface area contributed by atoms with Crippen LogP contribution in [0.1, 0.15) is 34.3 Å².